The van der Waals surface area contributed by atoms with E-state index < -0.39 is 8.32 Å². The topological polar surface area (TPSA) is 70.1 Å². The molecule has 0 saturated heterocycles. The van der Waals surface area contributed by atoms with Crippen molar-refractivity contribution in [2.75, 3.05) is 0 Å². The molecule has 0 atom stereocenters. The molecule has 208 valence electrons. The predicted molar refractivity (Wildman–Crippen MR) is 164 cm³/mol. The van der Waals surface area contributed by atoms with E-state index in [2.05, 4.69) is 55.8 Å². The first-order valence-electron chi connectivity index (χ1n) is 14.1. The number of benzene rings is 1. The molecule has 0 bridgehead atoms. The number of aromatic nitrogens is 6. The molecule has 0 radical (unpaired) electrons. The first-order valence-corrected chi connectivity index (χ1v) is 17.4. The lowest BCUT2D eigenvalue weighted by atomic mass is 9.93. The van der Waals surface area contributed by atoms with E-state index >= 15 is 0 Å². The summed E-state index contributed by atoms with van der Waals surface area (Å²) in [6.07, 6.45) is 12.5. The average Bonchev–Trinajstić information content (AvgIpc) is 3.54. The molecule has 1 fully saturated rings. The molecule has 4 heterocycles. The van der Waals surface area contributed by atoms with Crippen LogP contribution in [0.2, 0.25) is 23.2 Å². The van der Waals surface area contributed by atoms with Crippen molar-refractivity contribution in [3.63, 3.8) is 0 Å². The highest BCUT2D eigenvalue weighted by molar-refractivity contribution is 6.74. The zero-order valence-corrected chi connectivity index (χ0v) is 25.9. The number of hydrogen-bond acceptors (Lipinski definition) is 5. The highest BCUT2D eigenvalue weighted by atomic mass is 35.5. The normalized spacial score (nSPS) is 18.6. The molecular formula is C31H37ClN6OSi. The molecule has 5 aromatic rings. The third-order valence-electron chi connectivity index (χ3n) is 8.86. The largest absolute Gasteiger partial charge is 0.414 e. The molecule has 1 aliphatic rings. The standard InChI is InChI=1S/C31H37ClN6OSi/c1-20-27(21-17-35-37(19-21)23-8-10-24(11-9-23)39-40(5,6)31(2,3)4)16-30-34-18-29(38(30)36-20)26-13-14-33-28-15-22(32)7-12-25(26)28/h7,12-19,23-24H,8-11H2,1-6H3/t23-,24-. The van der Waals surface area contributed by atoms with E-state index in [1.165, 1.54) is 0 Å². The quantitative estimate of drug-likeness (QED) is 0.198. The van der Waals surface area contributed by atoms with E-state index in [0.717, 1.165) is 70.3 Å². The summed E-state index contributed by atoms with van der Waals surface area (Å²) in [5.74, 6) is 0. The van der Waals surface area contributed by atoms with Crippen molar-refractivity contribution >= 4 is 36.5 Å². The van der Waals surface area contributed by atoms with Crippen molar-refractivity contribution in [1.29, 1.82) is 0 Å². The molecule has 1 aliphatic carbocycles. The molecule has 1 aromatic carbocycles. The summed E-state index contributed by atoms with van der Waals surface area (Å²) >= 11 is 6.20. The highest BCUT2D eigenvalue weighted by Crippen LogP contribution is 2.40. The number of aryl methyl sites for hydroxylation is 1. The van der Waals surface area contributed by atoms with Gasteiger partial charge in [0, 0.05) is 45.6 Å². The van der Waals surface area contributed by atoms with Gasteiger partial charge in [0.15, 0.2) is 14.0 Å². The van der Waals surface area contributed by atoms with Crippen LogP contribution in [0.5, 0.6) is 0 Å². The SMILES string of the molecule is Cc1nn2c(-c3ccnc4cc(Cl)ccc34)cnc2cc1-c1cnn([C@H]2CC[C@H](O[Si](C)(C)C(C)(C)C)CC2)c1. The molecule has 0 N–H and O–H groups in total. The molecule has 40 heavy (non-hydrogen) atoms. The van der Waals surface area contributed by atoms with E-state index in [4.69, 9.17) is 31.2 Å². The van der Waals surface area contributed by atoms with Crippen molar-refractivity contribution in [3.05, 3.63) is 65.8 Å². The van der Waals surface area contributed by atoms with Gasteiger partial charge in [-0.2, -0.15) is 10.2 Å². The van der Waals surface area contributed by atoms with Crippen molar-refractivity contribution in [2.24, 2.45) is 0 Å². The molecule has 1 saturated carbocycles. The lowest BCUT2D eigenvalue weighted by Crippen LogP contribution is -2.44. The second-order valence-electron chi connectivity index (χ2n) is 12.6. The highest BCUT2D eigenvalue weighted by Gasteiger charge is 2.40. The Morgan fingerprint density at radius 3 is 2.50 bits per heavy atom. The van der Waals surface area contributed by atoms with Gasteiger partial charge < -0.3 is 4.43 Å². The third-order valence-corrected chi connectivity index (χ3v) is 13.6. The van der Waals surface area contributed by atoms with Crippen LogP contribution in [0.25, 0.3) is 38.9 Å². The number of rotatable bonds is 5. The number of imidazole rings is 1. The van der Waals surface area contributed by atoms with E-state index in [1.807, 2.05) is 48.1 Å². The molecule has 0 spiro atoms. The van der Waals surface area contributed by atoms with Crippen LogP contribution in [0.1, 0.15) is 58.2 Å². The van der Waals surface area contributed by atoms with Crippen LogP contribution in [-0.4, -0.2) is 43.8 Å². The lowest BCUT2D eigenvalue weighted by molar-refractivity contribution is 0.115. The number of pyridine rings is 1. The molecule has 4 aromatic heterocycles. The van der Waals surface area contributed by atoms with Gasteiger partial charge in [-0.1, -0.05) is 38.4 Å². The average molecular weight is 573 g/mol. The van der Waals surface area contributed by atoms with Gasteiger partial charge in [-0.25, -0.2) is 9.50 Å². The fourth-order valence-corrected chi connectivity index (χ4v) is 7.11. The third kappa shape index (κ3) is 4.97. The molecule has 7 nitrogen and oxygen atoms in total. The fourth-order valence-electron chi connectivity index (χ4n) is 5.52. The van der Waals surface area contributed by atoms with Crippen molar-refractivity contribution in [3.8, 4) is 22.4 Å². The van der Waals surface area contributed by atoms with Crippen molar-refractivity contribution in [2.45, 2.75) is 83.7 Å². The Labute approximate surface area is 241 Å². The maximum Gasteiger partial charge on any atom is 0.192 e. The first kappa shape index (κ1) is 27.1. The summed E-state index contributed by atoms with van der Waals surface area (Å²) in [5, 5.41) is 11.7. The van der Waals surface area contributed by atoms with Crippen molar-refractivity contribution < 1.29 is 4.43 Å². The Hall–Kier alpha value is -3.07. The minimum atomic E-state index is -1.74. The number of fused-ring (bicyclic) bond motifs is 2. The van der Waals surface area contributed by atoms with E-state index in [9.17, 15) is 0 Å². The minimum Gasteiger partial charge on any atom is -0.414 e. The Balaban J connectivity index is 1.23. The van der Waals surface area contributed by atoms with E-state index in [1.54, 1.807) is 6.20 Å². The summed E-state index contributed by atoms with van der Waals surface area (Å²) in [5.41, 5.74) is 6.64. The van der Waals surface area contributed by atoms with Crippen LogP contribution in [-0.2, 0) is 4.43 Å². The van der Waals surface area contributed by atoms with Crippen LogP contribution in [0.3, 0.4) is 0 Å². The van der Waals surface area contributed by atoms with Gasteiger partial charge >= 0.3 is 0 Å². The zero-order chi connectivity index (χ0) is 28.2. The summed E-state index contributed by atoms with van der Waals surface area (Å²) in [4.78, 5) is 9.20. The summed E-state index contributed by atoms with van der Waals surface area (Å²) < 4.78 is 10.8. The summed E-state index contributed by atoms with van der Waals surface area (Å²) in [6, 6.07) is 10.3. The number of hydrogen-bond donors (Lipinski definition) is 0. The van der Waals surface area contributed by atoms with Gasteiger partial charge in [-0.3, -0.25) is 9.67 Å². The fraction of sp³-hybridized carbons (Fsp3) is 0.419. The first-order chi connectivity index (χ1) is 19.0. The Kier molecular flexibility index (Phi) is 6.84. The van der Waals surface area contributed by atoms with Gasteiger partial charge in [0.1, 0.15) is 0 Å². The van der Waals surface area contributed by atoms with Crippen LogP contribution >= 0.6 is 11.6 Å². The monoisotopic (exact) mass is 572 g/mol. The van der Waals surface area contributed by atoms with Crippen molar-refractivity contribution in [1.82, 2.24) is 29.4 Å². The van der Waals surface area contributed by atoms with Gasteiger partial charge in [0.2, 0.25) is 0 Å². The summed E-state index contributed by atoms with van der Waals surface area (Å²) in [6.45, 7) is 13.7. The van der Waals surface area contributed by atoms with Crippen LogP contribution in [0, 0.1) is 6.92 Å². The van der Waals surface area contributed by atoms with Crippen LogP contribution < -0.4 is 0 Å². The second kappa shape index (κ2) is 10.1. The van der Waals surface area contributed by atoms with Gasteiger partial charge in [-0.15, -0.1) is 0 Å². The van der Waals surface area contributed by atoms with Gasteiger partial charge in [0.05, 0.1) is 35.3 Å². The Morgan fingerprint density at radius 2 is 1.75 bits per heavy atom. The Morgan fingerprint density at radius 1 is 0.975 bits per heavy atom. The molecule has 0 amide bonds. The molecule has 0 aliphatic heterocycles. The van der Waals surface area contributed by atoms with E-state index in [-0.39, 0.29) is 5.04 Å². The van der Waals surface area contributed by atoms with Crippen LogP contribution in [0.4, 0.5) is 0 Å². The Bertz CT molecular complexity index is 1690. The smallest absolute Gasteiger partial charge is 0.192 e. The number of nitrogens with zero attached hydrogens (tertiary/aromatic N) is 6. The van der Waals surface area contributed by atoms with Gasteiger partial charge in [0.25, 0.3) is 0 Å². The lowest BCUT2D eigenvalue weighted by Gasteiger charge is -2.41. The molecule has 9 heteroatoms. The van der Waals surface area contributed by atoms with Gasteiger partial charge in [-0.05, 0) is 75.0 Å². The molecule has 6 rings (SSSR count). The molecule has 0 unspecified atom stereocenters. The van der Waals surface area contributed by atoms with E-state index in [0.29, 0.717) is 17.2 Å². The molecular weight excluding hydrogens is 536 g/mol. The summed E-state index contributed by atoms with van der Waals surface area (Å²) in [7, 11) is -1.74. The maximum absolute atomic E-state index is 6.70. The maximum atomic E-state index is 6.70. The number of halogens is 1. The predicted octanol–water partition coefficient (Wildman–Crippen LogP) is 8.28. The second-order valence-corrected chi connectivity index (χ2v) is 17.8. The van der Waals surface area contributed by atoms with Crippen LogP contribution in [0.15, 0.2) is 55.1 Å². The minimum absolute atomic E-state index is 0.240. The zero-order valence-electron chi connectivity index (χ0n) is 24.1.